The van der Waals surface area contributed by atoms with Gasteiger partial charge >= 0.3 is 0 Å². The maximum absolute atomic E-state index is 9.82. The zero-order valence-corrected chi connectivity index (χ0v) is 29.3. The fraction of sp³-hybridized carbons (Fsp3) is 0. The molecule has 0 fully saturated rings. The molecule has 12 rings (SSSR count). The molecule has 0 saturated carbocycles. The van der Waals surface area contributed by atoms with E-state index >= 15 is 0 Å². The van der Waals surface area contributed by atoms with Crippen LogP contribution in [0.4, 0.5) is 0 Å². The van der Waals surface area contributed by atoms with Gasteiger partial charge in [-0.15, -0.1) is 0 Å². The van der Waals surface area contributed by atoms with Crippen LogP contribution in [0, 0.1) is 0 Å². The van der Waals surface area contributed by atoms with Gasteiger partial charge < -0.3 is 4.42 Å². The predicted octanol–water partition coefficient (Wildman–Crippen LogP) is 14.8. The number of furan rings is 1. The van der Waals surface area contributed by atoms with Crippen LogP contribution < -0.4 is 0 Å². The molecule has 0 unspecified atom stereocenters. The number of benzene rings is 9. The van der Waals surface area contributed by atoms with Gasteiger partial charge in [-0.2, -0.15) is 0 Å². The van der Waals surface area contributed by atoms with Gasteiger partial charge in [0.15, 0.2) is 0 Å². The summed E-state index contributed by atoms with van der Waals surface area (Å²) in [6.45, 7) is 0. The van der Waals surface area contributed by atoms with Gasteiger partial charge in [-0.25, -0.2) is 4.98 Å². The van der Waals surface area contributed by atoms with Crippen molar-refractivity contribution in [1.29, 1.82) is 0 Å². The highest BCUT2D eigenvalue weighted by atomic mass is 16.3. The van der Waals surface area contributed by atoms with E-state index in [1.807, 2.05) is 36.4 Å². The molecule has 0 spiro atoms. The van der Waals surface area contributed by atoms with Crippen molar-refractivity contribution >= 4 is 64.9 Å². The molecule has 3 heteroatoms. The molecule has 0 aliphatic carbocycles. The maximum Gasteiger partial charge on any atom is 0.143 e. The average Bonchev–Trinajstić information content (AvgIpc) is 3.87. The second-order valence-electron chi connectivity index (χ2n) is 13.4. The van der Waals surface area contributed by atoms with Gasteiger partial charge in [-0.1, -0.05) is 163 Å². The molecule has 0 saturated heterocycles. The third-order valence-corrected chi connectivity index (χ3v) is 10.3. The molecular weight excluding hydrogens is 693 g/mol. The molecule has 3 nitrogen and oxygen atoms in total. The standard InChI is InChI=1S/C54H32N2O/c1-3-11-33(12-4-1)49-50(34-13-5-2-6-14-34)54(45-28-25-37-21-20-35-15-9-16-36-24-27-43(45)48(37)47(35)36)57-53(49)44-30-29-42(40-18-7-8-19-41(40)44)46-31-26-39-23-22-38-17-10-32-55-51(38)52(39)56-46/h1-32H/i1D,2D,3D,4D,5D,6D,9D,11D,12D,13D,14D,15D,16D,20D,21D,24D,25D,27D,28D. The highest BCUT2D eigenvalue weighted by Crippen LogP contribution is 2.52. The Labute approximate surface area is 355 Å². The second kappa shape index (κ2) is 12.5. The topological polar surface area (TPSA) is 38.9 Å². The van der Waals surface area contributed by atoms with Gasteiger partial charge in [0, 0.05) is 44.8 Å². The Bertz CT molecular complexity index is 4570. The van der Waals surface area contributed by atoms with E-state index in [9.17, 15) is 12.3 Å². The van der Waals surface area contributed by atoms with Crippen molar-refractivity contribution in [3.8, 4) is 56.2 Å². The van der Waals surface area contributed by atoms with E-state index in [0.717, 1.165) is 10.8 Å². The molecule has 57 heavy (non-hydrogen) atoms. The van der Waals surface area contributed by atoms with Gasteiger partial charge in [0.05, 0.1) is 42.8 Å². The Morgan fingerprint density at radius 2 is 1.00 bits per heavy atom. The number of hydrogen-bond acceptors (Lipinski definition) is 3. The lowest BCUT2D eigenvalue weighted by Crippen LogP contribution is -1.91. The molecular formula is C54H32N2O. The number of rotatable bonds is 5. The minimum Gasteiger partial charge on any atom is -0.455 e. The molecule has 0 N–H and O–H groups in total. The molecule has 0 aliphatic heterocycles. The summed E-state index contributed by atoms with van der Waals surface area (Å²) in [5, 5.41) is 0.727. The molecule has 0 bridgehead atoms. The summed E-state index contributed by atoms with van der Waals surface area (Å²) in [5.41, 5.74) is -0.0777. The molecule has 3 aromatic heterocycles. The lowest BCUT2D eigenvalue weighted by atomic mass is 9.87. The van der Waals surface area contributed by atoms with Gasteiger partial charge in [0.1, 0.15) is 11.5 Å². The van der Waals surface area contributed by atoms with Crippen molar-refractivity contribution in [2.45, 2.75) is 0 Å². The van der Waals surface area contributed by atoms with Crippen LogP contribution in [0.5, 0.6) is 0 Å². The zero-order chi connectivity index (χ0) is 54.0. The van der Waals surface area contributed by atoms with Crippen molar-refractivity contribution in [2.24, 2.45) is 0 Å². The Morgan fingerprint density at radius 3 is 1.74 bits per heavy atom. The first-order valence-corrected chi connectivity index (χ1v) is 17.9. The average molecular weight is 744 g/mol. The lowest BCUT2D eigenvalue weighted by molar-refractivity contribution is 0.600. The number of fused-ring (bicyclic) bond motifs is 4. The fourth-order valence-corrected chi connectivity index (χ4v) is 7.85. The SMILES string of the molecule is [2H]c1c([2H])c([2H])c(-c2c(-c3ccc(-c4ccc5ccc6cccnc6c5n4)c4ccccc34)oc(-c3c([2H])c([2H])c4c([2H])c([2H])c5c([2H])c([2H])c([2H])c6c([2H])c([2H])c3c4c56)c2-c2c([2H])c([2H])c([2H])c([2H])c2[2H])c([2H])c1[2H]. The molecule has 264 valence electrons. The van der Waals surface area contributed by atoms with Crippen molar-refractivity contribution in [1.82, 2.24) is 9.97 Å². The van der Waals surface area contributed by atoms with Crippen molar-refractivity contribution in [2.75, 3.05) is 0 Å². The molecule has 3 heterocycles. The van der Waals surface area contributed by atoms with E-state index in [4.69, 9.17) is 23.1 Å². The van der Waals surface area contributed by atoms with Crippen molar-refractivity contribution in [3.05, 3.63) is 194 Å². The van der Waals surface area contributed by atoms with Crippen molar-refractivity contribution < 1.29 is 30.5 Å². The normalized spacial score (nSPS) is 16.5. The summed E-state index contributed by atoms with van der Waals surface area (Å²) in [5.74, 6) is -0.927. The van der Waals surface area contributed by atoms with Gasteiger partial charge in [0.2, 0.25) is 0 Å². The molecule has 0 radical (unpaired) electrons. The highest BCUT2D eigenvalue weighted by molar-refractivity contribution is 6.26. The van der Waals surface area contributed by atoms with E-state index in [1.165, 1.54) is 0 Å². The summed E-state index contributed by atoms with van der Waals surface area (Å²) >= 11 is 0. The van der Waals surface area contributed by atoms with Gasteiger partial charge in [0.25, 0.3) is 0 Å². The van der Waals surface area contributed by atoms with E-state index in [-0.39, 0.29) is 38.3 Å². The molecule has 9 aromatic carbocycles. The highest BCUT2D eigenvalue weighted by Gasteiger charge is 2.28. The molecule has 0 aliphatic rings. The minimum atomic E-state index is -0.853. The number of hydrogen-bond donors (Lipinski definition) is 0. The minimum absolute atomic E-state index is 0.157. The Morgan fingerprint density at radius 1 is 0.404 bits per heavy atom. The van der Waals surface area contributed by atoms with Crippen LogP contribution in [0.3, 0.4) is 0 Å². The first-order chi connectivity index (χ1) is 36.2. The fourth-order valence-electron chi connectivity index (χ4n) is 7.85. The van der Waals surface area contributed by atoms with E-state index in [2.05, 4.69) is 4.98 Å². The van der Waals surface area contributed by atoms with Crippen LogP contribution in [-0.4, -0.2) is 9.97 Å². The largest absolute Gasteiger partial charge is 0.455 e. The van der Waals surface area contributed by atoms with Crippen LogP contribution in [0.2, 0.25) is 0 Å². The van der Waals surface area contributed by atoms with Crippen LogP contribution in [0.25, 0.3) is 121 Å². The zero-order valence-electron chi connectivity index (χ0n) is 48.3. The van der Waals surface area contributed by atoms with Gasteiger partial charge in [-0.05, 0) is 78.5 Å². The Kier molecular flexibility index (Phi) is 4.01. The Balaban J connectivity index is 1.31. The van der Waals surface area contributed by atoms with Crippen LogP contribution in [0.1, 0.15) is 26.0 Å². The third kappa shape index (κ3) is 4.86. The first-order valence-electron chi connectivity index (χ1n) is 27.4. The van der Waals surface area contributed by atoms with Crippen molar-refractivity contribution in [3.63, 3.8) is 0 Å². The first kappa shape index (κ1) is 18.3. The Hall–Kier alpha value is -7.62. The smallest absolute Gasteiger partial charge is 0.143 e. The predicted molar refractivity (Wildman–Crippen MR) is 238 cm³/mol. The monoisotopic (exact) mass is 743 g/mol. The number of nitrogens with zero attached hydrogens (tertiary/aromatic N) is 2. The summed E-state index contributed by atoms with van der Waals surface area (Å²) in [4.78, 5) is 9.70. The quantitative estimate of drug-likeness (QED) is 0.165. The van der Waals surface area contributed by atoms with E-state index < -0.39 is 154 Å². The summed E-state index contributed by atoms with van der Waals surface area (Å²) in [7, 11) is 0. The summed E-state index contributed by atoms with van der Waals surface area (Å²) in [6, 6.07) is 7.17. The van der Waals surface area contributed by atoms with E-state index in [1.54, 1.807) is 42.6 Å². The lowest BCUT2D eigenvalue weighted by Gasteiger charge is -2.14. The second-order valence-corrected chi connectivity index (χ2v) is 13.4. The van der Waals surface area contributed by atoms with Gasteiger partial charge in [-0.3, -0.25) is 4.98 Å². The van der Waals surface area contributed by atoms with Crippen LogP contribution >= 0.6 is 0 Å². The van der Waals surface area contributed by atoms with Crippen LogP contribution in [0.15, 0.2) is 198 Å². The number of pyridine rings is 2. The molecule has 0 amide bonds. The summed E-state index contributed by atoms with van der Waals surface area (Å²) < 4.78 is 181. The third-order valence-electron chi connectivity index (χ3n) is 10.3. The van der Waals surface area contributed by atoms with Crippen LogP contribution in [-0.2, 0) is 0 Å². The molecule has 0 atom stereocenters. The maximum atomic E-state index is 9.82. The molecule has 12 aromatic rings. The summed E-state index contributed by atoms with van der Waals surface area (Å²) in [6.07, 6.45) is 1.67. The number of aromatic nitrogens is 2. The van der Waals surface area contributed by atoms with E-state index in [0.29, 0.717) is 33.1 Å².